The summed E-state index contributed by atoms with van der Waals surface area (Å²) < 4.78 is 35.2. The second kappa shape index (κ2) is 7.81. The normalized spacial score (nSPS) is 19.3. The van der Waals surface area contributed by atoms with Crippen LogP contribution in [-0.4, -0.2) is 22.8 Å². The molecule has 1 aliphatic carbocycles. The Morgan fingerprint density at radius 1 is 1.17 bits per heavy atom. The number of aromatic nitrogens is 2. The molecule has 0 spiro atoms. The van der Waals surface area contributed by atoms with Crippen molar-refractivity contribution in [1.29, 1.82) is 0 Å². The summed E-state index contributed by atoms with van der Waals surface area (Å²) in [7, 11) is 1.47. The SMILES string of the molecule is COc1cc2nn([C@H]3CC[C@H](C)CC3)cc2cc1NC(=O)c1c(F)cccc1F. The summed E-state index contributed by atoms with van der Waals surface area (Å²) in [5, 5.41) is 8.07. The summed E-state index contributed by atoms with van der Waals surface area (Å²) in [5.41, 5.74) is 0.460. The molecule has 4 rings (SSSR count). The average molecular weight is 399 g/mol. The first-order chi connectivity index (χ1) is 14.0. The highest BCUT2D eigenvalue weighted by Gasteiger charge is 2.22. The van der Waals surface area contributed by atoms with Crippen LogP contribution in [0.3, 0.4) is 0 Å². The Morgan fingerprint density at radius 3 is 2.52 bits per heavy atom. The van der Waals surface area contributed by atoms with Crippen molar-refractivity contribution in [2.75, 3.05) is 12.4 Å². The van der Waals surface area contributed by atoms with E-state index >= 15 is 0 Å². The Bertz CT molecular complexity index is 1040. The van der Waals surface area contributed by atoms with Gasteiger partial charge in [0.25, 0.3) is 5.91 Å². The molecule has 1 heterocycles. The largest absolute Gasteiger partial charge is 0.494 e. The Balaban J connectivity index is 1.64. The zero-order chi connectivity index (χ0) is 20.5. The summed E-state index contributed by atoms with van der Waals surface area (Å²) >= 11 is 0. The lowest BCUT2D eigenvalue weighted by atomic mass is 9.87. The van der Waals surface area contributed by atoms with E-state index in [1.54, 1.807) is 12.1 Å². The minimum atomic E-state index is -0.915. The zero-order valence-electron chi connectivity index (χ0n) is 16.4. The Labute approximate surface area is 167 Å². The molecule has 1 amide bonds. The van der Waals surface area contributed by atoms with Gasteiger partial charge in [0.15, 0.2) is 0 Å². The van der Waals surface area contributed by atoms with E-state index in [-0.39, 0.29) is 0 Å². The molecule has 1 saturated carbocycles. The van der Waals surface area contributed by atoms with Crippen molar-refractivity contribution in [3.63, 3.8) is 0 Å². The van der Waals surface area contributed by atoms with Crippen LogP contribution in [0.2, 0.25) is 0 Å². The number of halogens is 2. The number of amides is 1. The van der Waals surface area contributed by atoms with Gasteiger partial charge in [-0.25, -0.2) is 8.78 Å². The number of benzene rings is 2. The summed E-state index contributed by atoms with van der Waals surface area (Å²) in [5.74, 6) is -1.57. The van der Waals surface area contributed by atoms with Crippen molar-refractivity contribution < 1.29 is 18.3 Å². The fourth-order valence-electron chi connectivity index (χ4n) is 3.93. The highest BCUT2D eigenvalue weighted by molar-refractivity contribution is 6.06. The third-order valence-corrected chi connectivity index (χ3v) is 5.64. The number of nitrogens with one attached hydrogen (secondary N) is 1. The first-order valence-corrected chi connectivity index (χ1v) is 9.78. The number of hydrogen-bond acceptors (Lipinski definition) is 3. The first kappa shape index (κ1) is 19.4. The molecule has 0 unspecified atom stereocenters. The van der Waals surface area contributed by atoms with E-state index in [2.05, 4.69) is 17.3 Å². The van der Waals surface area contributed by atoms with Crippen molar-refractivity contribution >= 4 is 22.5 Å². The lowest BCUT2D eigenvalue weighted by Crippen LogP contribution is -2.16. The predicted molar refractivity (Wildman–Crippen MR) is 107 cm³/mol. The van der Waals surface area contributed by atoms with E-state index < -0.39 is 23.1 Å². The molecule has 0 aliphatic heterocycles. The van der Waals surface area contributed by atoms with Gasteiger partial charge in [0.2, 0.25) is 0 Å². The van der Waals surface area contributed by atoms with Gasteiger partial charge in [0, 0.05) is 17.6 Å². The minimum Gasteiger partial charge on any atom is -0.494 e. The number of ether oxygens (including phenoxy) is 1. The number of methoxy groups -OCH3 is 1. The Kier molecular flexibility index (Phi) is 5.22. The van der Waals surface area contributed by atoms with E-state index in [0.717, 1.165) is 41.8 Å². The van der Waals surface area contributed by atoms with Crippen molar-refractivity contribution in [1.82, 2.24) is 9.78 Å². The van der Waals surface area contributed by atoms with Crippen LogP contribution in [0.5, 0.6) is 5.75 Å². The van der Waals surface area contributed by atoms with Gasteiger partial charge < -0.3 is 10.1 Å². The number of rotatable bonds is 4. The van der Waals surface area contributed by atoms with Gasteiger partial charge in [-0.1, -0.05) is 13.0 Å². The van der Waals surface area contributed by atoms with Gasteiger partial charge in [-0.2, -0.15) is 5.10 Å². The van der Waals surface area contributed by atoms with Gasteiger partial charge in [-0.15, -0.1) is 0 Å². The predicted octanol–water partition coefficient (Wildman–Crippen LogP) is 5.33. The van der Waals surface area contributed by atoms with Crippen molar-refractivity contribution in [2.45, 2.75) is 38.6 Å². The van der Waals surface area contributed by atoms with Crippen molar-refractivity contribution in [3.8, 4) is 5.75 Å². The fourth-order valence-corrected chi connectivity index (χ4v) is 3.93. The van der Waals surface area contributed by atoms with Crippen LogP contribution in [0, 0.1) is 17.6 Å². The molecule has 1 aliphatic rings. The second-order valence-electron chi connectivity index (χ2n) is 7.68. The molecule has 2 aromatic carbocycles. The van der Waals surface area contributed by atoms with Crippen LogP contribution in [-0.2, 0) is 0 Å². The molecule has 29 heavy (non-hydrogen) atoms. The van der Waals surface area contributed by atoms with Gasteiger partial charge >= 0.3 is 0 Å². The molecule has 3 aromatic rings. The Morgan fingerprint density at radius 2 is 1.86 bits per heavy atom. The zero-order valence-corrected chi connectivity index (χ0v) is 16.4. The molecule has 0 bridgehead atoms. The molecule has 1 aromatic heterocycles. The Hall–Kier alpha value is -2.96. The van der Waals surface area contributed by atoms with Crippen LogP contribution in [0.25, 0.3) is 10.9 Å². The number of hydrogen-bond donors (Lipinski definition) is 1. The van der Waals surface area contributed by atoms with E-state index in [1.165, 1.54) is 26.0 Å². The molecule has 7 heteroatoms. The van der Waals surface area contributed by atoms with E-state index in [4.69, 9.17) is 4.74 Å². The highest BCUT2D eigenvalue weighted by Crippen LogP contribution is 2.35. The van der Waals surface area contributed by atoms with Crippen LogP contribution in [0.4, 0.5) is 14.5 Å². The molecule has 0 atom stereocenters. The van der Waals surface area contributed by atoms with Gasteiger partial charge in [-0.3, -0.25) is 9.48 Å². The summed E-state index contributed by atoms with van der Waals surface area (Å²) in [6.45, 7) is 2.27. The fraction of sp³-hybridized carbons (Fsp3) is 0.364. The number of carbonyl (C=O) groups is 1. The van der Waals surface area contributed by atoms with Crippen molar-refractivity contribution in [3.05, 3.63) is 53.7 Å². The molecular weight excluding hydrogens is 376 g/mol. The van der Waals surface area contributed by atoms with Crippen molar-refractivity contribution in [2.24, 2.45) is 5.92 Å². The standard InChI is InChI=1S/C22H23F2N3O2/c1-13-6-8-15(9-7-13)27-12-14-10-19(20(29-2)11-18(14)26-27)25-22(28)21-16(23)4-3-5-17(21)24/h3-5,10-13,15H,6-9H2,1-2H3,(H,25,28)/t13-,15-. The van der Waals surface area contributed by atoms with Crippen LogP contribution >= 0.6 is 0 Å². The number of anilines is 1. The second-order valence-corrected chi connectivity index (χ2v) is 7.68. The molecule has 5 nitrogen and oxygen atoms in total. The maximum atomic E-state index is 13.9. The minimum absolute atomic E-state index is 0.337. The lowest BCUT2D eigenvalue weighted by Gasteiger charge is -2.26. The molecule has 1 fully saturated rings. The third-order valence-electron chi connectivity index (χ3n) is 5.64. The summed E-state index contributed by atoms with van der Waals surface area (Å²) in [6, 6.07) is 7.12. The van der Waals surface area contributed by atoms with Gasteiger partial charge in [-0.05, 0) is 49.8 Å². The molecule has 1 N–H and O–H groups in total. The van der Waals surface area contributed by atoms with Crippen LogP contribution < -0.4 is 10.1 Å². The van der Waals surface area contributed by atoms with E-state index in [1.807, 2.05) is 10.9 Å². The molecule has 152 valence electrons. The molecule has 0 saturated heterocycles. The average Bonchev–Trinajstić information content (AvgIpc) is 3.10. The monoisotopic (exact) mass is 399 g/mol. The summed E-state index contributed by atoms with van der Waals surface area (Å²) in [4.78, 5) is 12.5. The quantitative estimate of drug-likeness (QED) is 0.645. The number of fused-ring (bicyclic) bond motifs is 1. The maximum Gasteiger partial charge on any atom is 0.261 e. The van der Waals surface area contributed by atoms with Crippen LogP contribution in [0.1, 0.15) is 49.0 Å². The first-order valence-electron chi connectivity index (χ1n) is 9.78. The topological polar surface area (TPSA) is 56.1 Å². The maximum absolute atomic E-state index is 13.9. The summed E-state index contributed by atoms with van der Waals surface area (Å²) in [6.07, 6.45) is 6.49. The number of nitrogens with zero attached hydrogens (tertiary/aromatic N) is 2. The van der Waals surface area contributed by atoms with Crippen LogP contribution in [0.15, 0.2) is 36.5 Å². The smallest absolute Gasteiger partial charge is 0.261 e. The number of carbonyl (C=O) groups excluding carboxylic acids is 1. The van der Waals surface area contributed by atoms with Gasteiger partial charge in [0.1, 0.15) is 22.9 Å². The third kappa shape index (κ3) is 3.81. The molecular formula is C22H23F2N3O2. The van der Waals surface area contributed by atoms with E-state index in [0.29, 0.717) is 17.5 Å². The van der Waals surface area contributed by atoms with E-state index in [9.17, 15) is 13.6 Å². The lowest BCUT2D eigenvalue weighted by molar-refractivity contribution is 0.101. The van der Waals surface area contributed by atoms with Gasteiger partial charge in [0.05, 0.1) is 24.4 Å². The molecule has 0 radical (unpaired) electrons. The highest BCUT2D eigenvalue weighted by atomic mass is 19.1.